The summed E-state index contributed by atoms with van der Waals surface area (Å²) in [5, 5.41) is 19.3. The Labute approximate surface area is 224 Å². The highest BCUT2D eigenvalue weighted by Gasteiger charge is 2.26. The SMILES string of the molecule is C/C=C/c1ccc(C)nc1.C=CNCCNCCc1ccc(-c2cc(O)c3c(c2)CC(CNC=O)O3)cn1. The van der Waals surface area contributed by atoms with Gasteiger partial charge in [0, 0.05) is 67.4 Å². The number of pyridine rings is 2. The third-order valence-corrected chi connectivity index (χ3v) is 5.91. The van der Waals surface area contributed by atoms with Crippen LogP contribution in [0.5, 0.6) is 11.5 Å². The van der Waals surface area contributed by atoms with E-state index in [4.69, 9.17) is 4.74 Å². The minimum Gasteiger partial charge on any atom is -0.504 e. The lowest BCUT2D eigenvalue weighted by atomic mass is 10.0. The number of hydrogen-bond acceptors (Lipinski definition) is 7. The Morgan fingerprint density at radius 2 is 1.95 bits per heavy atom. The van der Waals surface area contributed by atoms with E-state index < -0.39 is 0 Å². The van der Waals surface area contributed by atoms with Crippen molar-refractivity contribution in [3.05, 3.63) is 90.2 Å². The van der Waals surface area contributed by atoms with Crippen LogP contribution in [0.2, 0.25) is 0 Å². The summed E-state index contributed by atoms with van der Waals surface area (Å²) in [6.07, 6.45) is 11.4. The van der Waals surface area contributed by atoms with Crippen molar-refractivity contribution in [2.24, 2.45) is 0 Å². The maximum Gasteiger partial charge on any atom is 0.207 e. The van der Waals surface area contributed by atoms with Gasteiger partial charge in [0.25, 0.3) is 0 Å². The van der Waals surface area contributed by atoms with Gasteiger partial charge in [0.2, 0.25) is 6.41 Å². The first kappa shape index (κ1) is 28.4. The lowest BCUT2D eigenvalue weighted by Crippen LogP contribution is -2.28. The Balaban J connectivity index is 0.000000336. The first-order valence-corrected chi connectivity index (χ1v) is 12.8. The third-order valence-electron chi connectivity index (χ3n) is 5.91. The molecule has 0 spiro atoms. The number of aryl methyl sites for hydroxylation is 1. The number of phenolic OH excluding ortho intramolecular Hbond substituents is 1. The van der Waals surface area contributed by atoms with E-state index in [-0.39, 0.29) is 11.9 Å². The van der Waals surface area contributed by atoms with Crippen LogP contribution in [-0.2, 0) is 17.6 Å². The van der Waals surface area contributed by atoms with Crippen LogP contribution in [0.25, 0.3) is 17.2 Å². The van der Waals surface area contributed by atoms with E-state index in [0.29, 0.717) is 25.1 Å². The summed E-state index contributed by atoms with van der Waals surface area (Å²) < 4.78 is 5.73. The van der Waals surface area contributed by atoms with Crippen LogP contribution < -0.4 is 20.7 Å². The zero-order valence-corrected chi connectivity index (χ0v) is 22.1. The maximum absolute atomic E-state index is 10.5. The van der Waals surface area contributed by atoms with Gasteiger partial charge >= 0.3 is 0 Å². The zero-order valence-electron chi connectivity index (χ0n) is 22.1. The molecule has 0 aliphatic carbocycles. The Morgan fingerprint density at radius 1 is 1.08 bits per heavy atom. The van der Waals surface area contributed by atoms with E-state index in [1.165, 1.54) is 0 Å². The number of ether oxygens (including phenoxy) is 1. The number of rotatable bonds is 12. The molecule has 1 aliphatic heterocycles. The number of fused-ring (bicyclic) bond motifs is 1. The number of nitrogens with one attached hydrogen (secondary N) is 3. The van der Waals surface area contributed by atoms with Crippen molar-refractivity contribution in [3.63, 3.8) is 0 Å². The number of allylic oxidation sites excluding steroid dienone is 1. The van der Waals surface area contributed by atoms with Crippen molar-refractivity contribution in [2.75, 3.05) is 26.2 Å². The molecule has 200 valence electrons. The van der Waals surface area contributed by atoms with Crippen LogP contribution in [0.4, 0.5) is 0 Å². The van der Waals surface area contributed by atoms with Gasteiger partial charge < -0.3 is 25.8 Å². The summed E-state index contributed by atoms with van der Waals surface area (Å²) in [5.41, 5.74) is 6.02. The number of carbonyl (C=O) groups is 1. The average Bonchev–Trinajstić information content (AvgIpc) is 3.35. The topological polar surface area (TPSA) is 108 Å². The summed E-state index contributed by atoms with van der Waals surface area (Å²) in [4.78, 5) is 19.1. The van der Waals surface area contributed by atoms with E-state index in [1.54, 1.807) is 12.3 Å². The van der Waals surface area contributed by atoms with Gasteiger partial charge in [0.1, 0.15) is 6.10 Å². The van der Waals surface area contributed by atoms with E-state index in [2.05, 4.69) is 38.6 Å². The van der Waals surface area contributed by atoms with E-state index in [9.17, 15) is 9.90 Å². The highest BCUT2D eigenvalue weighted by atomic mass is 16.5. The molecule has 1 atom stereocenters. The molecule has 1 unspecified atom stereocenters. The summed E-state index contributed by atoms with van der Waals surface area (Å²) in [7, 11) is 0. The van der Waals surface area contributed by atoms with Crippen molar-refractivity contribution >= 4 is 12.5 Å². The van der Waals surface area contributed by atoms with E-state index in [0.717, 1.165) is 59.7 Å². The number of aromatic hydroxyl groups is 1. The van der Waals surface area contributed by atoms with Crippen molar-refractivity contribution in [2.45, 2.75) is 32.8 Å². The molecular weight excluding hydrogens is 478 g/mol. The van der Waals surface area contributed by atoms with Gasteiger partial charge in [-0.15, -0.1) is 0 Å². The fourth-order valence-corrected chi connectivity index (χ4v) is 3.99. The number of nitrogens with zero attached hydrogens (tertiary/aromatic N) is 2. The minimum absolute atomic E-state index is 0.113. The predicted octanol–water partition coefficient (Wildman–Crippen LogP) is 3.79. The first-order valence-electron chi connectivity index (χ1n) is 12.8. The second-order valence-corrected chi connectivity index (χ2v) is 8.88. The number of carbonyl (C=O) groups excluding carboxylic acids is 1. The van der Waals surface area contributed by atoms with Crippen LogP contribution >= 0.6 is 0 Å². The molecule has 2 aromatic heterocycles. The molecule has 4 rings (SSSR count). The number of benzene rings is 1. The molecule has 8 nitrogen and oxygen atoms in total. The highest BCUT2D eigenvalue weighted by molar-refractivity contribution is 5.69. The molecule has 1 amide bonds. The summed E-state index contributed by atoms with van der Waals surface area (Å²) >= 11 is 0. The molecule has 3 heterocycles. The average molecular weight is 516 g/mol. The fraction of sp³-hybridized carbons (Fsp3) is 0.300. The fourth-order valence-electron chi connectivity index (χ4n) is 3.99. The van der Waals surface area contributed by atoms with Crippen LogP contribution in [0, 0.1) is 6.92 Å². The van der Waals surface area contributed by atoms with Crippen molar-refractivity contribution < 1.29 is 14.6 Å². The van der Waals surface area contributed by atoms with Crippen LogP contribution in [0.1, 0.15) is 29.4 Å². The van der Waals surface area contributed by atoms with Crippen LogP contribution in [-0.4, -0.2) is 53.8 Å². The summed E-state index contributed by atoms with van der Waals surface area (Å²) in [5.74, 6) is 0.616. The quantitative estimate of drug-likeness (QED) is 0.215. The summed E-state index contributed by atoms with van der Waals surface area (Å²) in [6, 6.07) is 11.8. The van der Waals surface area contributed by atoms with Crippen molar-refractivity contribution in [1.29, 1.82) is 0 Å². The normalized spacial score (nSPS) is 13.7. The van der Waals surface area contributed by atoms with Gasteiger partial charge in [-0.25, -0.2) is 0 Å². The molecule has 0 fully saturated rings. The molecule has 1 aliphatic rings. The van der Waals surface area contributed by atoms with Gasteiger partial charge in [-0.05, 0) is 55.4 Å². The lowest BCUT2D eigenvalue weighted by Gasteiger charge is -2.10. The number of phenols is 1. The molecule has 0 saturated carbocycles. The van der Waals surface area contributed by atoms with Crippen LogP contribution in [0.15, 0.2) is 67.6 Å². The van der Waals surface area contributed by atoms with Crippen LogP contribution in [0.3, 0.4) is 0 Å². The Bertz CT molecular complexity index is 1190. The Hall–Kier alpha value is -4.17. The Morgan fingerprint density at radius 3 is 2.63 bits per heavy atom. The van der Waals surface area contributed by atoms with E-state index >= 15 is 0 Å². The smallest absolute Gasteiger partial charge is 0.207 e. The summed E-state index contributed by atoms with van der Waals surface area (Å²) in [6.45, 7) is 10.6. The largest absolute Gasteiger partial charge is 0.504 e. The van der Waals surface area contributed by atoms with Gasteiger partial charge in [0.05, 0.1) is 6.54 Å². The number of aromatic nitrogens is 2. The standard InChI is InChI=1S/C21H26N4O3.C9H11N/c1-2-22-7-8-23-6-5-18-4-3-15(12-25-18)16-9-17-10-19(13-24-14-26)28-21(17)20(27)11-16;1-3-4-9-6-5-8(2)10-7-9/h2-4,9,11-12,14,19,22-23,27H,1,5-8,10,13H2,(H,24,26);3-7H,1-2H3/b;4-3+. The van der Waals surface area contributed by atoms with E-state index in [1.807, 2.05) is 62.7 Å². The lowest BCUT2D eigenvalue weighted by molar-refractivity contribution is -0.109. The second-order valence-electron chi connectivity index (χ2n) is 8.88. The monoisotopic (exact) mass is 515 g/mol. The zero-order chi connectivity index (χ0) is 27.2. The maximum atomic E-state index is 10.5. The van der Waals surface area contributed by atoms with Crippen molar-refractivity contribution in [3.8, 4) is 22.6 Å². The third kappa shape index (κ3) is 8.74. The Kier molecular flexibility index (Phi) is 11.3. The molecule has 3 aromatic rings. The molecule has 0 bridgehead atoms. The number of amides is 1. The molecule has 1 aromatic carbocycles. The minimum atomic E-state index is -0.156. The molecule has 4 N–H and O–H groups in total. The number of hydrogen-bond donors (Lipinski definition) is 4. The molecule has 8 heteroatoms. The molecule has 0 saturated heterocycles. The molecule has 38 heavy (non-hydrogen) atoms. The van der Waals surface area contributed by atoms with Gasteiger partial charge in [-0.3, -0.25) is 14.8 Å². The van der Waals surface area contributed by atoms with Gasteiger partial charge in [-0.1, -0.05) is 30.9 Å². The predicted molar refractivity (Wildman–Crippen MR) is 152 cm³/mol. The van der Waals surface area contributed by atoms with Gasteiger partial charge in [0.15, 0.2) is 11.5 Å². The molecule has 0 radical (unpaired) electrons. The van der Waals surface area contributed by atoms with Gasteiger partial charge in [-0.2, -0.15) is 0 Å². The van der Waals surface area contributed by atoms with Crippen molar-refractivity contribution in [1.82, 2.24) is 25.9 Å². The highest BCUT2D eigenvalue weighted by Crippen LogP contribution is 2.40. The first-order chi connectivity index (χ1) is 18.5. The molecular formula is C30H37N5O3. The second kappa shape index (κ2) is 15.2.